The monoisotopic (exact) mass is 317 g/mol. The van der Waals surface area contributed by atoms with Crippen LogP contribution in [0.15, 0.2) is 6.07 Å². The van der Waals surface area contributed by atoms with E-state index in [1.54, 1.807) is 20.1 Å². The van der Waals surface area contributed by atoms with E-state index in [0.29, 0.717) is 30.6 Å². The van der Waals surface area contributed by atoms with Gasteiger partial charge in [-0.05, 0) is 6.92 Å². The first kappa shape index (κ1) is 17.6. The number of hydrogen-bond acceptors (Lipinski definition) is 7. The number of nitrogens with zero attached hydrogens (tertiary/aromatic N) is 2. The minimum absolute atomic E-state index is 0.0129. The van der Waals surface area contributed by atoms with Crippen molar-refractivity contribution in [2.45, 2.75) is 20.5 Å². The highest BCUT2D eigenvalue weighted by atomic mass is 32.2. The van der Waals surface area contributed by atoms with Crippen LogP contribution in [0.1, 0.15) is 19.7 Å². The number of sulfonamides is 1. The van der Waals surface area contributed by atoms with Crippen LogP contribution in [-0.2, 0) is 21.4 Å². The molecule has 0 saturated carbocycles. The van der Waals surface area contributed by atoms with E-state index in [1.807, 2.05) is 6.92 Å². The molecule has 1 heterocycles. The van der Waals surface area contributed by atoms with Gasteiger partial charge in [0.15, 0.2) is 5.82 Å². The van der Waals surface area contributed by atoms with Crippen LogP contribution in [0, 0.1) is 0 Å². The van der Waals surface area contributed by atoms with Crippen LogP contribution in [0.4, 0.5) is 11.6 Å². The molecule has 1 rings (SSSR count). The lowest BCUT2D eigenvalue weighted by molar-refractivity contribution is 0.178. The second-order valence-corrected chi connectivity index (χ2v) is 6.19. The SMILES string of the molecule is CCNc1cc(NCCS(=O)(=O)NCC)nc(COC)n1. The quantitative estimate of drug-likeness (QED) is 0.574. The van der Waals surface area contributed by atoms with E-state index in [-0.39, 0.29) is 12.3 Å². The fourth-order valence-corrected chi connectivity index (χ4v) is 2.61. The molecule has 0 aliphatic heterocycles. The first-order chi connectivity index (χ1) is 10.0. The third-order valence-electron chi connectivity index (χ3n) is 2.44. The van der Waals surface area contributed by atoms with Gasteiger partial charge in [-0.2, -0.15) is 0 Å². The molecule has 0 unspecified atom stereocenters. The first-order valence-corrected chi connectivity index (χ1v) is 8.48. The number of anilines is 2. The third-order valence-corrected chi connectivity index (χ3v) is 3.92. The molecule has 0 bridgehead atoms. The van der Waals surface area contributed by atoms with Crippen molar-refractivity contribution >= 4 is 21.7 Å². The van der Waals surface area contributed by atoms with Crippen molar-refractivity contribution in [2.24, 2.45) is 0 Å². The van der Waals surface area contributed by atoms with Crippen LogP contribution in [0.5, 0.6) is 0 Å². The van der Waals surface area contributed by atoms with Gasteiger partial charge in [-0.1, -0.05) is 6.92 Å². The van der Waals surface area contributed by atoms with Gasteiger partial charge in [-0.3, -0.25) is 0 Å². The lowest BCUT2D eigenvalue weighted by Crippen LogP contribution is -2.29. The summed E-state index contributed by atoms with van der Waals surface area (Å²) in [6, 6.07) is 1.74. The molecular weight excluding hydrogens is 294 g/mol. The number of rotatable bonds is 10. The summed E-state index contributed by atoms with van der Waals surface area (Å²) in [5, 5.41) is 6.09. The summed E-state index contributed by atoms with van der Waals surface area (Å²) < 4.78 is 30.5. The van der Waals surface area contributed by atoms with Gasteiger partial charge in [0.1, 0.15) is 18.2 Å². The molecule has 1 aromatic heterocycles. The van der Waals surface area contributed by atoms with Crippen LogP contribution >= 0.6 is 0 Å². The van der Waals surface area contributed by atoms with Crippen LogP contribution in [0.25, 0.3) is 0 Å². The van der Waals surface area contributed by atoms with Crippen molar-refractivity contribution in [3.63, 3.8) is 0 Å². The molecule has 9 heteroatoms. The molecule has 0 atom stereocenters. The molecule has 0 aromatic carbocycles. The molecule has 0 amide bonds. The van der Waals surface area contributed by atoms with Crippen molar-refractivity contribution in [1.82, 2.24) is 14.7 Å². The minimum Gasteiger partial charge on any atom is -0.377 e. The fourth-order valence-electron chi connectivity index (χ4n) is 1.66. The second-order valence-electron chi connectivity index (χ2n) is 4.26. The average Bonchev–Trinajstić information content (AvgIpc) is 2.39. The lowest BCUT2D eigenvalue weighted by Gasteiger charge is -2.10. The van der Waals surface area contributed by atoms with Crippen molar-refractivity contribution in [3.8, 4) is 0 Å². The predicted octanol–water partition coefficient (Wildman–Crippen LogP) is 0.406. The van der Waals surface area contributed by atoms with Crippen LogP contribution in [0.2, 0.25) is 0 Å². The summed E-state index contributed by atoms with van der Waals surface area (Å²) in [6.07, 6.45) is 0. The highest BCUT2D eigenvalue weighted by Crippen LogP contribution is 2.11. The zero-order valence-corrected chi connectivity index (χ0v) is 13.5. The first-order valence-electron chi connectivity index (χ1n) is 6.82. The molecular formula is C12H23N5O3S. The van der Waals surface area contributed by atoms with Gasteiger partial charge in [-0.25, -0.2) is 23.1 Å². The Kier molecular flexibility index (Phi) is 7.34. The van der Waals surface area contributed by atoms with E-state index in [4.69, 9.17) is 4.74 Å². The molecule has 120 valence electrons. The Bertz CT molecular complexity index is 511. The van der Waals surface area contributed by atoms with Gasteiger partial charge in [-0.15, -0.1) is 0 Å². The third kappa shape index (κ3) is 6.69. The molecule has 3 N–H and O–H groups in total. The highest BCUT2D eigenvalue weighted by Gasteiger charge is 2.09. The van der Waals surface area contributed by atoms with E-state index in [2.05, 4.69) is 25.3 Å². The van der Waals surface area contributed by atoms with E-state index >= 15 is 0 Å². The van der Waals surface area contributed by atoms with Gasteiger partial charge >= 0.3 is 0 Å². The Labute approximate surface area is 125 Å². The summed E-state index contributed by atoms with van der Waals surface area (Å²) in [4.78, 5) is 8.55. The van der Waals surface area contributed by atoms with E-state index < -0.39 is 10.0 Å². The largest absolute Gasteiger partial charge is 0.377 e. The Balaban J connectivity index is 2.68. The average molecular weight is 317 g/mol. The summed E-state index contributed by atoms with van der Waals surface area (Å²) in [7, 11) is -1.67. The summed E-state index contributed by atoms with van der Waals surface area (Å²) in [5.74, 6) is 1.77. The maximum Gasteiger partial charge on any atom is 0.213 e. The van der Waals surface area contributed by atoms with Gasteiger partial charge < -0.3 is 15.4 Å². The van der Waals surface area contributed by atoms with Crippen LogP contribution < -0.4 is 15.4 Å². The van der Waals surface area contributed by atoms with E-state index in [0.717, 1.165) is 6.54 Å². The Morgan fingerprint density at radius 2 is 1.81 bits per heavy atom. The van der Waals surface area contributed by atoms with Crippen molar-refractivity contribution < 1.29 is 13.2 Å². The molecule has 0 saturated heterocycles. The molecule has 0 aliphatic carbocycles. The van der Waals surface area contributed by atoms with E-state index in [1.165, 1.54) is 0 Å². The maximum absolute atomic E-state index is 11.5. The Hall–Kier alpha value is -1.45. The molecule has 8 nitrogen and oxygen atoms in total. The number of ether oxygens (including phenoxy) is 1. The fraction of sp³-hybridized carbons (Fsp3) is 0.667. The predicted molar refractivity (Wildman–Crippen MR) is 82.9 cm³/mol. The Morgan fingerprint density at radius 1 is 1.14 bits per heavy atom. The van der Waals surface area contributed by atoms with Crippen molar-refractivity contribution in [3.05, 3.63) is 11.9 Å². The molecule has 0 aliphatic rings. The number of aromatic nitrogens is 2. The molecule has 21 heavy (non-hydrogen) atoms. The Morgan fingerprint density at radius 3 is 2.38 bits per heavy atom. The van der Waals surface area contributed by atoms with Crippen molar-refractivity contribution in [1.29, 1.82) is 0 Å². The van der Waals surface area contributed by atoms with Crippen LogP contribution in [0.3, 0.4) is 0 Å². The lowest BCUT2D eigenvalue weighted by atomic mass is 10.4. The van der Waals surface area contributed by atoms with Gasteiger partial charge in [0.05, 0.1) is 5.75 Å². The molecule has 1 aromatic rings. The number of hydrogen-bond donors (Lipinski definition) is 3. The molecule has 0 spiro atoms. The second kappa shape index (κ2) is 8.75. The van der Waals surface area contributed by atoms with Crippen LogP contribution in [-0.4, -0.2) is 50.9 Å². The standard InChI is InChI=1S/C12H23N5O3S/c1-4-13-10-8-11(17-12(16-10)9-20-3)14-6-7-21(18,19)15-5-2/h8,15H,4-7,9H2,1-3H3,(H2,13,14,16,17). The smallest absolute Gasteiger partial charge is 0.213 e. The minimum atomic E-state index is -3.24. The summed E-state index contributed by atoms with van der Waals surface area (Å²) in [6.45, 7) is 5.40. The van der Waals surface area contributed by atoms with Gasteiger partial charge in [0, 0.05) is 32.8 Å². The molecule has 0 fully saturated rings. The normalized spacial score (nSPS) is 11.4. The van der Waals surface area contributed by atoms with Crippen molar-refractivity contribution in [2.75, 3.05) is 43.1 Å². The highest BCUT2D eigenvalue weighted by molar-refractivity contribution is 7.89. The number of nitrogens with one attached hydrogen (secondary N) is 3. The van der Waals surface area contributed by atoms with E-state index in [9.17, 15) is 8.42 Å². The zero-order chi connectivity index (χ0) is 15.7. The number of methoxy groups -OCH3 is 1. The molecule has 0 radical (unpaired) electrons. The topological polar surface area (TPSA) is 105 Å². The zero-order valence-electron chi connectivity index (χ0n) is 12.6. The summed E-state index contributed by atoms with van der Waals surface area (Å²) in [5.41, 5.74) is 0. The maximum atomic E-state index is 11.5. The van der Waals surface area contributed by atoms with Gasteiger partial charge in [0.25, 0.3) is 0 Å². The summed E-state index contributed by atoms with van der Waals surface area (Å²) >= 11 is 0. The van der Waals surface area contributed by atoms with Gasteiger partial charge in [0.2, 0.25) is 10.0 Å².